The Bertz CT molecular complexity index is 1110. The maximum atomic E-state index is 14.1. The molecule has 2 fully saturated rings. The number of halogens is 2. The minimum absolute atomic E-state index is 0.0887. The number of pyridine rings is 1. The summed E-state index contributed by atoms with van der Waals surface area (Å²) in [5.74, 6) is 1.69. The van der Waals surface area contributed by atoms with E-state index in [0.717, 1.165) is 44.8 Å². The van der Waals surface area contributed by atoms with Crippen LogP contribution >= 0.6 is 11.6 Å². The number of nitrogens with two attached hydrogens (primary N) is 2. The topological polar surface area (TPSA) is 87.0 Å². The molecule has 0 bridgehead atoms. The van der Waals surface area contributed by atoms with Gasteiger partial charge in [0, 0.05) is 62.3 Å². The number of benzene rings is 1. The first-order valence-electron chi connectivity index (χ1n) is 11.5. The number of amidine groups is 1. The predicted molar refractivity (Wildman–Crippen MR) is 138 cm³/mol. The van der Waals surface area contributed by atoms with Gasteiger partial charge in [-0.3, -0.25) is 0 Å². The molecule has 2 aliphatic rings. The number of piperazine rings is 1. The minimum Gasteiger partial charge on any atom is -0.398 e. The van der Waals surface area contributed by atoms with E-state index < -0.39 is 5.82 Å². The molecule has 1 aromatic carbocycles. The van der Waals surface area contributed by atoms with Gasteiger partial charge in [0.1, 0.15) is 23.3 Å². The minimum atomic E-state index is -0.497. The number of rotatable bonds is 5. The number of hydrogen-bond acceptors (Lipinski definition) is 6. The summed E-state index contributed by atoms with van der Waals surface area (Å²) in [4.78, 5) is 15.9. The van der Waals surface area contributed by atoms with Crippen LogP contribution in [0.1, 0.15) is 25.3 Å². The Labute approximate surface area is 205 Å². The van der Waals surface area contributed by atoms with Gasteiger partial charge in [0.15, 0.2) is 0 Å². The zero-order valence-electron chi connectivity index (χ0n) is 19.4. The zero-order valence-corrected chi connectivity index (χ0v) is 20.2. The number of nitrogen functional groups attached to an aromatic ring is 1. The Morgan fingerprint density at radius 3 is 2.68 bits per heavy atom. The molecule has 1 aromatic heterocycles. The van der Waals surface area contributed by atoms with Crippen LogP contribution in [0.25, 0.3) is 5.70 Å². The van der Waals surface area contributed by atoms with E-state index in [1.54, 1.807) is 18.3 Å². The van der Waals surface area contributed by atoms with Crippen molar-refractivity contribution in [1.29, 1.82) is 0 Å². The van der Waals surface area contributed by atoms with Crippen LogP contribution in [0.4, 0.5) is 15.9 Å². The Hall–Kier alpha value is -3.26. The second-order valence-electron chi connectivity index (χ2n) is 8.71. The molecule has 0 amide bonds. The van der Waals surface area contributed by atoms with Gasteiger partial charge in [-0.15, -0.1) is 0 Å². The second kappa shape index (κ2) is 10.3. The average molecular weight is 484 g/mol. The highest BCUT2D eigenvalue weighted by molar-refractivity contribution is 6.32. The van der Waals surface area contributed by atoms with Crippen molar-refractivity contribution >= 4 is 34.6 Å². The third-order valence-corrected chi connectivity index (χ3v) is 6.59. The summed E-state index contributed by atoms with van der Waals surface area (Å²) in [6, 6.07) is 8.35. The van der Waals surface area contributed by atoms with Crippen LogP contribution in [0.2, 0.25) is 5.02 Å². The highest BCUT2D eigenvalue weighted by atomic mass is 35.5. The van der Waals surface area contributed by atoms with Gasteiger partial charge in [0.05, 0.1) is 10.7 Å². The first kappa shape index (κ1) is 23.9. The maximum Gasteiger partial charge on any atom is 0.147 e. The van der Waals surface area contributed by atoms with E-state index in [1.165, 1.54) is 12.1 Å². The van der Waals surface area contributed by atoms with Crippen molar-refractivity contribution < 1.29 is 4.39 Å². The summed E-state index contributed by atoms with van der Waals surface area (Å²) in [6.07, 6.45) is 5.81. The monoisotopic (exact) mass is 483 g/mol. The number of hydrogen-bond donors (Lipinski definition) is 2. The normalized spacial score (nSPS) is 19.6. The molecule has 0 radical (unpaired) electrons. The van der Waals surface area contributed by atoms with Crippen LogP contribution in [0.3, 0.4) is 0 Å². The highest BCUT2D eigenvalue weighted by Crippen LogP contribution is 2.26. The lowest BCUT2D eigenvalue weighted by atomic mass is 10.1. The second-order valence-corrected chi connectivity index (χ2v) is 9.12. The Morgan fingerprint density at radius 1 is 1.24 bits per heavy atom. The molecule has 1 atom stereocenters. The maximum absolute atomic E-state index is 14.1. The molecule has 4 rings (SSSR count). The Kier molecular flexibility index (Phi) is 7.26. The molecule has 0 spiro atoms. The third kappa shape index (κ3) is 5.28. The number of anilines is 2. The molecule has 2 aromatic rings. The SMILES string of the molecule is C=C(/N=C(\C=C(/N)c1ccc(N)c(F)c1)N1CCN(c2ncccc2Cl)C[C@H]1C)N1CCCC1. The van der Waals surface area contributed by atoms with E-state index in [1.807, 2.05) is 12.1 Å². The molecule has 180 valence electrons. The van der Waals surface area contributed by atoms with Crippen LogP contribution in [0.15, 0.2) is 60.0 Å². The molecular weight excluding hydrogens is 453 g/mol. The van der Waals surface area contributed by atoms with E-state index in [0.29, 0.717) is 34.5 Å². The molecule has 2 aliphatic heterocycles. The molecule has 3 heterocycles. The van der Waals surface area contributed by atoms with E-state index >= 15 is 0 Å². The molecule has 4 N–H and O–H groups in total. The van der Waals surface area contributed by atoms with Crippen molar-refractivity contribution in [1.82, 2.24) is 14.8 Å². The van der Waals surface area contributed by atoms with Gasteiger partial charge >= 0.3 is 0 Å². The van der Waals surface area contributed by atoms with Crippen molar-refractivity contribution in [3.63, 3.8) is 0 Å². The number of likely N-dealkylation sites (tertiary alicyclic amines) is 1. The summed E-state index contributed by atoms with van der Waals surface area (Å²) in [7, 11) is 0. The summed E-state index contributed by atoms with van der Waals surface area (Å²) >= 11 is 6.38. The lowest BCUT2D eigenvalue weighted by molar-refractivity contribution is 0.297. The smallest absolute Gasteiger partial charge is 0.147 e. The van der Waals surface area contributed by atoms with Crippen LogP contribution in [-0.2, 0) is 0 Å². The van der Waals surface area contributed by atoms with Gasteiger partial charge < -0.3 is 26.2 Å². The molecule has 0 saturated carbocycles. The third-order valence-electron chi connectivity index (χ3n) is 6.29. The largest absolute Gasteiger partial charge is 0.398 e. The van der Waals surface area contributed by atoms with E-state index in [4.69, 9.17) is 28.1 Å². The van der Waals surface area contributed by atoms with Gasteiger partial charge in [-0.1, -0.05) is 24.2 Å². The number of nitrogens with zero attached hydrogens (tertiary/aromatic N) is 5. The Morgan fingerprint density at radius 2 is 2.00 bits per heavy atom. The van der Waals surface area contributed by atoms with Gasteiger partial charge in [-0.2, -0.15) is 0 Å². The van der Waals surface area contributed by atoms with Crippen molar-refractivity contribution in [2.24, 2.45) is 10.7 Å². The van der Waals surface area contributed by atoms with E-state index in [2.05, 4.69) is 33.2 Å². The Balaban J connectivity index is 1.62. The number of aromatic nitrogens is 1. The molecule has 2 saturated heterocycles. The van der Waals surface area contributed by atoms with Gasteiger partial charge in [-0.25, -0.2) is 14.4 Å². The van der Waals surface area contributed by atoms with Crippen molar-refractivity contribution in [3.05, 3.63) is 71.4 Å². The summed E-state index contributed by atoms with van der Waals surface area (Å²) in [6.45, 7) is 10.4. The molecule has 34 heavy (non-hydrogen) atoms. The van der Waals surface area contributed by atoms with Gasteiger partial charge in [0.25, 0.3) is 0 Å². The first-order chi connectivity index (χ1) is 16.3. The summed E-state index contributed by atoms with van der Waals surface area (Å²) < 4.78 is 14.1. The fraction of sp³-hybridized carbons (Fsp3) is 0.360. The van der Waals surface area contributed by atoms with Crippen molar-refractivity contribution in [3.8, 4) is 0 Å². The standard InChI is InChI=1S/C25H31ClFN7/c1-17-16-33(25-20(26)6-5-9-30-25)12-13-34(17)24(31-18(2)32-10-3-4-11-32)15-23(29)19-7-8-22(28)21(27)14-19/h5-9,14-15,17H,2-4,10-13,16,28-29H2,1H3/b23-15-,31-24+/t17-/m1/s1. The van der Waals surface area contributed by atoms with Crippen LogP contribution in [-0.4, -0.2) is 59.4 Å². The quantitative estimate of drug-likeness (QED) is 0.380. The predicted octanol–water partition coefficient (Wildman–Crippen LogP) is 3.93. The van der Waals surface area contributed by atoms with E-state index in [-0.39, 0.29) is 11.7 Å². The van der Waals surface area contributed by atoms with Crippen molar-refractivity contribution in [2.45, 2.75) is 25.8 Å². The summed E-state index contributed by atoms with van der Waals surface area (Å²) in [5.41, 5.74) is 13.1. The molecule has 0 aliphatic carbocycles. The lowest BCUT2D eigenvalue weighted by Crippen LogP contribution is -2.54. The molecular formula is C25H31ClFN7. The zero-order chi connectivity index (χ0) is 24.2. The van der Waals surface area contributed by atoms with Crippen LogP contribution in [0, 0.1) is 5.82 Å². The summed E-state index contributed by atoms with van der Waals surface area (Å²) in [5, 5.41) is 0.633. The molecule has 9 heteroatoms. The first-order valence-corrected chi connectivity index (χ1v) is 11.9. The van der Waals surface area contributed by atoms with E-state index in [9.17, 15) is 4.39 Å². The fourth-order valence-corrected chi connectivity index (χ4v) is 4.63. The van der Waals surface area contributed by atoms with Crippen molar-refractivity contribution in [2.75, 3.05) is 43.4 Å². The van der Waals surface area contributed by atoms with Gasteiger partial charge in [-0.05, 0) is 44.0 Å². The van der Waals surface area contributed by atoms with Gasteiger partial charge in [0.2, 0.25) is 0 Å². The average Bonchev–Trinajstić information content (AvgIpc) is 3.36. The molecule has 0 unspecified atom stereocenters. The van der Waals surface area contributed by atoms with Crippen LogP contribution < -0.4 is 16.4 Å². The van der Waals surface area contributed by atoms with Crippen LogP contribution in [0.5, 0.6) is 0 Å². The lowest BCUT2D eigenvalue weighted by Gasteiger charge is -2.42. The number of aliphatic imine (C=N–C) groups is 1. The molecule has 7 nitrogen and oxygen atoms in total. The highest BCUT2D eigenvalue weighted by Gasteiger charge is 2.28. The fourth-order valence-electron chi connectivity index (χ4n) is 4.39.